The fourth-order valence-electron chi connectivity index (χ4n) is 4.42. The zero-order valence-electron chi connectivity index (χ0n) is 17.6. The molecular formula is C24H28ClN3O3. The minimum atomic E-state index is -0.247. The molecule has 1 fully saturated rings. The lowest BCUT2D eigenvalue weighted by Crippen LogP contribution is -2.49. The van der Waals surface area contributed by atoms with Crippen LogP contribution in [0.3, 0.4) is 0 Å². The van der Waals surface area contributed by atoms with Crippen LogP contribution in [-0.4, -0.2) is 58.9 Å². The monoisotopic (exact) mass is 441 g/mol. The largest absolute Gasteiger partial charge is 0.494 e. The van der Waals surface area contributed by atoms with Gasteiger partial charge in [0.25, 0.3) is 5.91 Å². The van der Waals surface area contributed by atoms with Crippen molar-refractivity contribution in [1.82, 2.24) is 14.8 Å². The third-order valence-electron chi connectivity index (χ3n) is 6.07. The molecule has 2 aliphatic rings. The third-order valence-corrected chi connectivity index (χ3v) is 6.37. The number of nitrogens with zero attached hydrogens (tertiary/aromatic N) is 3. The van der Waals surface area contributed by atoms with Crippen LogP contribution in [0.25, 0.3) is 0 Å². The first-order chi connectivity index (χ1) is 15.1. The van der Waals surface area contributed by atoms with Gasteiger partial charge in [0.15, 0.2) is 0 Å². The van der Waals surface area contributed by atoms with E-state index in [1.807, 2.05) is 17.0 Å². The molecule has 4 rings (SSSR count). The minimum Gasteiger partial charge on any atom is -0.494 e. The summed E-state index contributed by atoms with van der Waals surface area (Å²) in [7, 11) is 0. The fourth-order valence-corrected chi connectivity index (χ4v) is 4.62. The first kappa shape index (κ1) is 21.6. The molecule has 2 aliphatic heterocycles. The summed E-state index contributed by atoms with van der Waals surface area (Å²) in [5.41, 5.74) is 1.60. The maximum Gasteiger partial charge on any atom is 0.255 e. The second-order valence-corrected chi connectivity index (χ2v) is 8.61. The van der Waals surface area contributed by atoms with Crippen LogP contribution in [0.15, 0.2) is 42.7 Å². The maximum atomic E-state index is 13.3. The van der Waals surface area contributed by atoms with Crippen molar-refractivity contribution in [3.05, 3.63) is 58.9 Å². The Morgan fingerprint density at radius 2 is 2.03 bits per heavy atom. The van der Waals surface area contributed by atoms with Crippen LogP contribution < -0.4 is 4.74 Å². The van der Waals surface area contributed by atoms with Crippen LogP contribution >= 0.6 is 11.6 Å². The highest BCUT2D eigenvalue weighted by atomic mass is 35.5. The number of piperidine rings is 1. The normalized spacial score (nSPS) is 20.4. The summed E-state index contributed by atoms with van der Waals surface area (Å²) >= 11 is 6.21. The molecular weight excluding hydrogens is 414 g/mol. The molecule has 31 heavy (non-hydrogen) atoms. The van der Waals surface area contributed by atoms with Gasteiger partial charge in [-0.1, -0.05) is 23.7 Å². The molecule has 0 N–H and O–H groups in total. The lowest BCUT2D eigenvalue weighted by atomic mass is 9.95. The lowest BCUT2D eigenvalue weighted by Gasteiger charge is -2.37. The van der Waals surface area contributed by atoms with Gasteiger partial charge >= 0.3 is 0 Å². The quantitative estimate of drug-likeness (QED) is 0.671. The molecule has 0 radical (unpaired) electrons. The number of benzene rings is 1. The van der Waals surface area contributed by atoms with Gasteiger partial charge in [-0.3, -0.25) is 14.6 Å². The van der Waals surface area contributed by atoms with Crippen LogP contribution in [-0.2, 0) is 11.2 Å². The summed E-state index contributed by atoms with van der Waals surface area (Å²) < 4.78 is 5.91. The smallest absolute Gasteiger partial charge is 0.255 e. The number of aromatic nitrogens is 1. The van der Waals surface area contributed by atoms with Crippen molar-refractivity contribution in [2.24, 2.45) is 0 Å². The predicted octanol–water partition coefficient (Wildman–Crippen LogP) is 3.97. The number of ether oxygens (including phenoxy) is 1. The molecule has 0 saturated carbocycles. The first-order valence-electron chi connectivity index (χ1n) is 11.0. The van der Waals surface area contributed by atoms with Crippen molar-refractivity contribution >= 4 is 23.4 Å². The van der Waals surface area contributed by atoms with E-state index in [9.17, 15) is 9.59 Å². The highest BCUT2D eigenvalue weighted by Gasteiger charge is 2.29. The Kier molecular flexibility index (Phi) is 7.07. The topological polar surface area (TPSA) is 62.7 Å². The molecule has 2 aromatic rings. The second-order valence-electron chi connectivity index (χ2n) is 8.21. The summed E-state index contributed by atoms with van der Waals surface area (Å²) in [4.78, 5) is 34.0. The van der Waals surface area contributed by atoms with Crippen molar-refractivity contribution in [3.63, 3.8) is 0 Å². The van der Waals surface area contributed by atoms with E-state index in [1.54, 1.807) is 17.2 Å². The van der Waals surface area contributed by atoms with E-state index < -0.39 is 0 Å². The summed E-state index contributed by atoms with van der Waals surface area (Å²) in [6.45, 7) is 1.70. The Morgan fingerprint density at radius 3 is 2.90 bits per heavy atom. The molecule has 1 unspecified atom stereocenters. The van der Waals surface area contributed by atoms with Crippen LogP contribution in [0, 0.1) is 0 Å². The van der Waals surface area contributed by atoms with E-state index in [4.69, 9.17) is 16.3 Å². The molecule has 0 spiro atoms. The van der Waals surface area contributed by atoms with Crippen LogP contribution in [0.5, 0.6) is 5.75 Å². The van der Waals surface area contributed by atoms with Gasteiger partial charge in [0.1, 0.15) is 12.3 Å². The van der Waals surface area contributed by atoms with Crippen molar-refractivity contribution in [2.45, 2.75) is 44.6 Å². The Bertz CT molecular complexity index is 936. The van der Waals surface area contributed by atoms with Crippen LogP contribution in [0.4, 0.5) is 0 Å². The molecule has 0 aliphatic carbocycles. The molecule has 2 amide bonds. The van der Waals surface area contributed by atoms with Gasteiger partial charge in [-0.15, -0.1) is 0 Å². The average Bonchev–Trinajstić information content (AvgIpc) is 2.79. The Balaban J connectivity index is 1.58. The molecule has 3 heterocycles. The molecule has 6 nitrogen and oxygen atoms in total. The average molecular weight is 442 g/mol. The third kappa shape index (κ3) is 5.37. The number of aryl methyl sites for hydroxylation is 1. The van der Waals surface area contributed by atoms with E-state index in [0.717, 1.165) is 44.4 Å². The van der Waals surface area contributed by atoms with Gasteiger partial charge in [0.05, 0.1) is 17.2 Å². The van der Waals surface area contributed by atoms with Gasteiger partial charge in [0.2, 0.25) is 5.91 Å². The molecule has 2 bridgehead atoms. The Hall–Kier alpha value is -2.60. The van der Waals surface area contributed by atoms with Crippen molar-refractivity contribution in [3.8, 4) is 5.75 Å². The fraction of sp³-hybridized carbons (Fsp3) is 0.458. The number of halogens is 1. The standard InChI is InChI=1S/C24H28ClN3O3/c25-22-16-26-11-10-21(22)24(30)27-12-4-14-31-20-7-3-5-18(15-20)8-9-19-6-1-2-13-28(19)23(29)17-27/h3,5,7,10-11,15-16,19H,1-2,4,6,8-9,12-14,17H2. The van der Waals surface area contributed by atoms with Crippen molar-refractivity contribution < 1.29 is 14.3 Å². The van der Waals surface area contributed by atoms with Gasteiger partial charge < -0.3 is 14.5 Å². The second kappa shape index (κ2) is 10.1. The van der Waals surface area contributed by atoms with E-state index in [-0.39, 0.29) is 24.4 Å². The molecule has 1 aromatic heterocycles. The Labute approximate surface area is 188 Å². The lowest BCUT2D eigenvalue weighted by molar-refractivity contribution is -0.135. The Morgan fingerprint density at radius 1 is 1.13 bits per heavy atom. The molecule has 164 valence electrons. The van der Waals surface area contributed by atoms with Crippen molar-refractivity contribution in [1.29, 1.82) is 0 Å². The number of carbonyl (C=O) groups is 2. The first-order valence-corrected chi connectivity index (χ1v) is 11.4. The summed E-state index contributed by atoms with van der Waals surface area (Å²) in [6, 6.07) is 9.99. The number of rotatable bonds is 1. The number of carbonyl (C=O) groups excluding carboxylic acids is 2. The minimum absolute atomic E-state index is 0.00922. The SMILES string of the molecule is O=C(c1ccncc1Cl)N1CCCOc2cccc(c2)CCC2CCCCN2C(=O)C1. The van der Waals surface area contributed by atoms with E-state index in [2.05, 4.69) is 17.1 Å². The van der Waals surface area contributed by atoms with Gasteiger partial charge in [-0.05, 0) is 62.3 Å². The van der Waals surface area contributed by atoms with Crippen LogP contribution in [0.2, 0.25) is 5.02 Å². The predicted molar refractivity (Wildman–Crippen MR) is 119 cm³/mol. The molecule has 7 heteroatoms. The highest BCUT2D eigenvalue weighted by molar-refractivity contribution is 6.33. The zero-order valence-corrected chi connectivity index (χ0v) is 18.4. The van der Waals surface area contributed by atoms with Gasteiger partial charge in [-0.2, -0.15) is 0 Å². The number of fused-ring (bicyclic) bond motifs is 3. The molecule has 1 saturated heterocycles. The summed E-state index contributed by atoms with van der Waals surface area (Å²) in [6.07, 6.45) is 8.59. The highest BCUT2D eigenvalue weighted by Crippen LogP contribution is 2.24. The summed E-state index contributed by atoms with van der Waals surface area (Å²) in [5.74, 6) is 0.611. The van der Waals surface area contributed by atoms with Crippen molar-refractivity contribution in [2.75, 3.05) is 26.2 Å². The number of amides is 2. The van der Waals surface area contributed by atoms with Gasteiger partial charge in [0, 0.05) is 31.5 Å². The molecule has 1 atom stereocenters. The maximum absolute atomic E-state index is 13.3. The van der Waals surface area contributed by atoms with Crippen LogP contribution in [0.1, 0.15) is 48.0 Å². The molecule has 1 aromatic carbocycles. The zero-order chi connectivity index (χ0) is 21.6. The number of pyridine rings is 1. The van der Waals surface area contributed by atoms with E-state index in [1.165, 1.54) is 11.8 Å². The van der Waals surface area contributed by atoms with Gasteiger partial charge in [-0.25, -0.2) is 0 Å². The summed E-state index contributed by atoms with van der Waals surface area (Å²) in [5, 5.41) is 0.295. The number of hydrogen-bond donors (Lipinski definition) is 0. The van der Waals surface area contributed by atoms with E-state index >= 15 is 0 Å². The van der Waals surface area contributed by atoms with E-state index in [0.29, 0.717) is 30.2 Å². The number of hydrogen-bond acceptors (Lipinski definition) is 4.